The first-order valence-electron chi connectivity index (χ1n) is 10.5. The fourth-order valence-electron chi connectivity index (χ4n) is 3.99. The third kappa shape index (κ3) is 4.78. The van der Waals surface area contributed by atoms with E-state index < -0.39 is 0 Å². The molecule has 0 radical (unpaired) electrons. The molecule has 156 valence electrons. The highest BCUT2D eigenvalue weighted by Crippen LogP contribution is 2.29. The minimum atomic E-state index is -0.189. The van der Waals surface area contributed by atoms with Gasteiger partial charge in [0.15, 0.2) is 5.69 Å². The third-order valence-electron chi connectivity index (χ3n) is 5.48. The molecule has 0 bridgehead atoms. The Hall–Kier alpha value is -2.96. The van der Waals surface area contributed by atoms with Crippen LogP contribution in [0.2, 0.25) is 0 Å². The first-order valence-corrected chi connectivity index (χ1v) is 10.5. The number of aromatic nitrogens is 1. The van der Waals surface area contributed by atoms with E-state index in [9.17, 15) is 4.79 Å². The predicted octanol–water partition coefficient (Wildman–Crippen LogP) is 3.33. The van der Waals surface area contributed by atoms with Crippen molar-refractivity contribution in [2.75, 3.05) is 32.7 Å². The van der Waals surface area contributed by atoms with Crippen molar-refractivity contribution in [3.8, 4) is 0 Å². The number of amides is 1. The maximum Gasteiger partial charge on any atom is 0.273 e. The zero-order valence-corrected chi connectivity index (χ0v) is 17.3. The van der Waals surface area contributed by atoms with Crippen LogP contribution < -0.4 is 5.32 Å². The van der Waals surface area contributed by atoms with Gasteiger partial charge < -0.3 is 9.73 Å². The minimum absolute atomic E-state index is 0.189. The lowest BCUT2D eigenvalue weighted by atomic mass is 9.96. The third-order valence-corrected chi connectivity index (χ3v) is 5.48. The zero-order chi connectivity index (χ0) is 20.8. The normalized spacial score (nSPS) is 15.4. The molecule has 4 rings (SSSR count). The Morgan fingerprint density at radius 1 is 1.00 bits per heavy atom. The molecule has 3 aromatic rings. The molecule has 0 saturated carbocycles. The molecule has 0 atom stereocenters. The van der Waals surface area contributed by atoms with Crippen LogP contribution in [0.5, 0.6) is 0 Å². The van der Waals surface area contributed by atoms with Crippen molar-refractivity contribution < 1.29 is 9.21 Å². The molecule has 2 heterocycles. The van der Waals surface area contributed by atoms with Crippen LogP contribution in [0.25, 0.3) is 0 Å². The van der Waals surface area contributed by atoms with Crippen molar-refractivity contribution >= 4 is 5.91 Å². The van der Waals surface area contributed by atoms with Crippen molar-refractivity contribution in [2.45, 2.75) is 19.5 Å². The van der Waals surface area contributed by atoms with Gasteiger partial charge in [-0.1, -0.05) is 60.7 Å². The van der Waals surface area contributed by atoms with Gasteiger partial charge in [-0.2, -0.15) is 0 Å². The standard InChI is InChI=1S/C24H28N4O2/c1-2-25-24(29)21-18-30-22(26-21)17-27-13-15-28(16-14-27)23(19-9-5-3-6-10-19)20-11-7-4-8-12-20/h3-12,18,23H,2,13-17H2,1H3,(H,25,29). The van der Waals surface area contributed by atoms with Crippen LogP contribution >= 0.6 is 0 Å². The number of carbonyl (C=O) groups excluding carboxylic acids is 1. The largest absolute Gasteiger partial charge is 0.447 e. The number of nitrogens with one attached hydrogen (secondary N) is 1. The van der Waals surface area contributed by atoms with E-state index in [4.69, 9.17) is 4.42 Å². The number of carbonyl (C=O) groups is 1. The Balaban J connectivity index is 1.41. The van der Waals surface area contributed by atoms with E-state index in [1.165, 1.54) is 17.4 Å². The number of benzene rings is 2. The SMILES string of the molecule is CCNC(=O)c1coc(CN2CCN(C(c3ccccc3)c3ccccc3)CC2)n1. The lowest BCUT2D eigenvalue weighted by Gasteiger charge is -2.39. The van der Waals surface area contributed by atoms with Crippen molar-refractivity contribution in [3.05, 3.63) is 89.6 Å². The average Bonchev–Trinajstić information content (AvgIpc) is 3.26. The molecule has 1 aliphatic heterocycles. The lowest BCUT2D eigenvalue weighted by molar-refractivity contribution is 0.0949. The van der Waals surface area contributed by atoms with E-state index in [-0.39, 0.29) is 11.9 Å². The van der Waals surface area contributed by atoms with Gasteiger partial charge in [-0.25, -0.2) is 4.98 Å². The summed E-state index contributed by atoms with van der Waals surface area (Å²) >= 11 is 0. The first kappa shape index (κ1) is 20.3. The summed E-state index contributed by atoms with van der Waals surface area (Å²) in [5, 5.41) is 2.75. The summed E-state index contributed by atoms with van der Waals surface area (Å²) in [4.78, 5) is 21.1. The van der Waals surface area contributed by atoms with E-state index in [1.807, 2.05) is 6.92 Å². The number of oxazole rings is 1. The van der Waals surface area contributed by atoms with Gasteiger partial charge in [0.1, 0.15) is 6.26 Å². The van der Waals surface area contributed by atoms with E-state index in [0.29, 0.717) is 24.7 Å². The van der Waals surface area contributed by atoms with Gasteiger partial charge in [0.05, 0.1) is 12.6 Å². The van der Waals surface area contributed by atoms with Crippen LogP contribution in [0.4, 0.5) is 0 Å². The molecule has 1 amide bonds. The second-order valence-electron chi connectivity index (χ2n) is 7.52. The molecule has 1 aromatic heterocycles. The van der Waals surface area contributed by atoms with Gasteiger partial charge in [-0.05, 0) is 18.1 Å². The van der Waals surface area contributed by atoms with Gasteiger partial charge in [0, 0.05) is 32.7 Å². The summed E-state index contributed by atoms with van der Waals surface area (Å²) in [6.07, 6.45) is 1.44. The molecule has 6 nitrogen and oxygen atoms in total. The van der Waals surface area contributed by atoms with Crippen molar-refractivity contribution in [1.82, 2.24) is 20.1 Å². The Labute approximate surface area is 177 Å². The molecule has 0 aliphatic carbocycles. The van der Waals surface area contributed by atoms with Crippen LogP contribution in [0, 0.1) is 0 Å². The van der Waals surface area contributed by atoms with Crippen LogP contribution in [-0.2, 0) is 6.54 Å². The fourth-order valence-corrected chi connectivity index (χ4v) is 3.99. The summed E-state index contributed by atoms with van der Waals surface area (Å²) in [6, 6.07) is 21.6. The maximum atomic E-state index is 11.9. The van der Waals surface area contributed by atoms with E-state index in [1.54, 1.807) is 0 Å². The van der Waals surface area contributed by atoms with Gasteiger partial charge in [-0.15, -0.1) is 0 Å². The molecular formula is C24H28N4O2. The number of hydrogen-bond donors (Lipinski definition) is 1. The highest BCUT2D eigenvalue weighted by Gasteiger charge is 2.27. The summed E-state index contributed by atoms with van der Waals surface area (Å²) in [5.74, 6) is 0.401. The lowest BCUT2D eigenvalue weighted by Crippen LogP contribution is -2.47. The van der Waals surface area contributed by atoms with Gasteiger partial charge in [-0.3, -0.25) is 14.6 Å². The molecule has 2 aromatic carbocycles. The topological polar surface area (TPSA) is 61.6 Å². The van der Waals surface area contributed by atoms with Gasteiger partial charge in [0.25, 0.3) is 5.91 Å². The van der Waals surface area contributed by atoms with Crippen LogP contribution in [0.15, 0.2) is 71.3 Å². The molecule has 1 saturated heterocycles. The molecule has 6 heteroatoms. The van der Waals surface area contributed by atoms with Crippen LogP contribution in [0.3, 0.4) is 0 Å². The first-order chi connectivity index (χ1) is 14.7. The fraction of sp³-hybridized carbons (Fsp3) is 0.333. The molecular weight excluding hydrogens is 376 g/mol. The summed E-state index contributed by atoms with van der Waals surface area (Å²) < 4.78 is 5.52. The quantitative estimate of drug-likeness (QED) is 0.655. The van der Waals surface area contributed by atoms with Crippen molar-refractivity contribution in [3.63, 3.8) is 0 Å². The molecule has 0 spiro atoms. The average molecular weight is 405 g/mol. The number of hydrogen-bond acceptors (Lipinski definition) is 5. The van der Waals surface area contributed by atoms with Gasteiger partial charge in [0.2, 0.25) is 5.89 Å². The molecule has 1 N–H and O–H groups in total. The number of rotatable bonds is 7. The molecule has 30 heavy (non-hydrogen) atoms. The van der Waals surface area contributed by atoms with Crippen molar-refractivity contribution in [1.29, 1.82) is 0 Å². The molecule has 1 fully saturated rings. The van der Waals surface area contributed by atoms with Crippen LogP contribution in [-0.4, -0.2) is 53.4 Å². The monoisotopic (exact) mass is 404 g/mol. The Bertz CT molecular complexity index is 895. The second kappa shape index (κ2) is 9.69. The van der Waals surface area contributed by atoms with E-state index in [0.717, 1.165) is 26.2 Å². The van der Waals surface area contributed by atoms with E-state index in [2.05, 4.69) is 80.8 Å². The summed E-state index contributed by atoms with van der Waals surface area (Å²) in [7, 11) is 0. The van der Waals surface area contributed by atoms with Crippen LogP contribution in [0.1, 0.15) is 40.5 Å². The zero-order valence-electron chi connectivity index (χ0n) is 17.3. The second-order valence-corrected chi connectivity index (χ2v) is 7.52. The Kier molecular flexibility index (Phi) is 6.57. The Morgan fingerprint density at radius 2 is 1.60 bits per heavy atom. The summed E-state index contributed by atoms with van der Waals surface area (Å²) in [5.41, 5.74) is 2.98. The number of piperazine rings is 1. The highest BCUT2D eigenvalue weighted by atomic mass is 16.3. The van der Waals surface area contributed by atoms with E-state index >= 15 is 0 Å². The van der Waals surface area contributed by atoms with Crippen molar-refractivity contribution in [2.24, 2.45) is 0 Å². The molecule has 0 unspecified atom stereocenters. The highest BCUT2D eigenvalue weighted by molar-refractivity contribution is 5.91. The Morgan fingerprint density at radius 3 is 2.17 bits per heavy atom. The number of nitrogens with zero attached hydrogens (tertiary/aromatic N) is 3. The predicted molar refractivity (Wildman–Crippen MR) is 116 cm³/mol. The molecule has 1 aliphatic rings. The summed E-state index contributed by atoms with van der Waals surface area (Å²) in [6.45, 7) is 6.85. The smallest absolute Gasteiger partial charge is 0.273 e. The maximum absolute atomic E-state index is 11.9. The van der Waals surface area contributed by atoms with Gasteiger partial charge >= 0.3 is 0 Å². The minimum Gasteiger partial charge on any atom is -0.447 e.